The summed E-state index contributed by atoms with van der Waals surface area (Å²) in [5.74, 6) is 0.832. The number of anilines is 1. The van der Waals surface area contributed by atoms with Gasteiger partial charge in [0, 0.05) is 26.3 Å². The lowest BCUT2D eigenvalue weighted by molar-refractivity contribution is 0.112. The standard InChI is InChI=1S/C8H11N3O/c1-10-5-7(6-12)8(9-10)11-3-2-4-11/h5-6H,2-4H2,1H3. The number of carbonyl (C=O) groups excluding carboxylic acids is 1. The second-order valence-electron chi connectivity index (χ2n) is 3.04. The van der Waals surface area contributed by atoms with Crippen LogP contribution < -0.4 is 4.90 Å². The summed E-state index contributed by atoms with van der Waals surface area (Å²) in [7, 11) is 1.83. The molecule has 2 heterocycles. The fraction of sp³-hybridized carbons (Fsp3) is 0.500. The van der Waals surface area contributed by atoms with Gasteiger partial charge in [-0.05, 0) is 6.42 Å². The summed E-state index contributed by atoms with van der Waals surface area (Å²) in [6.07, 6.45) is 3.82. The fourth-order valence-electron chi connectivity index (χ4n) is 1.35. The van der Waals surface area contributed by atoms with Crippen LogP contribution in [0.15, 0.2) is 6.20 Å². The molecule has 4 heteroatoms. The third-order valence-corrected chi connectivity index (χ3v) is 2.12. The van der Waals surface area contributed by atoms with Crippen molar-refractivity contribution in [3.05, 3.63) is 11.8 Å². The van der Waals surface area contributed by atoms with Gasteiger partial charge in [0.05, 0.1) is 5.56 Å². The van der Waals surface area contributed by atoms with Crippen LogP contribution in [0.2, 0.25) is 0 Å². The van der Waals surface area contributed by atoms with Crippen molar-refractivity contribution >= 4 is 12.1 Å². The van der Waals surface area contributed by atoms with E-state index in [9.17, 15) is 4.79 Å². The normalized spacial score (nSPS) is 15.9. The van der Waals surface area contributed by atoms with E-state index in [-0.39, 0.29) is 0 Å². The molecule has 64 valence electrons. The van der Waals surface area contributed by atoms with E-state index >= 15 is 0 Å². The molecule has 12 heavy (non-hydrogen) atoms. The maximum absolute atomic E-state index is 10.6. The number of nitrogens with zero attached hydrogens (tertiary/aromatic N) is 3. The first-order valence-electron chi connectivity index (χ1n) is 4.05. The molecule has 1 saturated heterocycles. The quantitative estimate of drug-likeness (QED) is 0.597. The minimum absolute atomic E-state index is 0.692. The molecule has 2 rings (SSSR count). The lowest BCUT2D eigenvalue weighted by atomic mass is 10.2. The number of rotatable bonds is 2. The first-order chi connectivity index (χ1) is 5.81. The van der Waals surface area contributed by atoms with E-state index in [4.69, 9.17) is 0 Å². The van der Waals surface area contributed by atoms with Crippen LogP contribution in [-0.4, -0.2) is 29.2 Å². The van der Waals surface area contributed by atoms with E-state index < -0.39 is 0 Å². The van der Waals surface area contributed by atoms with E-state index in [0.717, 1.165) is 25.2 Å². The number of aryl methyl sites for hydroxylation is 1. The predicted octanol–water partition coefficient (Wildman–Crippen LogP) is 0.443. The Morgan fingerprint density at radius 1 is 1.58 bits per heavy atom. The number of carbonyl (C=O) groups is 1. The number of aldehydes is 1. The summed E-state index contributed by atoms with van der Waals surface area (Å²) in [5, 5.41) is 4.21. The van der Waals surface area contributed by atoms with Crippen molar-refractivity contribution in [1.82, 2.24) is 9.78 Å². The van der Waals surface area contributed by atoms with E-state index in [1.165, 1.54) is 6.42 Å². The highest BCUT2D eigenvalue weighted by atomic mass is 16.1. The summed E-state index contributed by atoms with van der Waals surface area (Å²) in [5.41, 5.74) is 0.692. The average molecular weight is 165 g/mol. The molecular formula is C8H11N3O. The Labute approximate surface area is 70.8 Å². The van der Waals surface area contributed by atoms with E-state index in [1.807, 2.05) is 7.05 Å². The van der Waals surface area contributed by atoms with Crippen LogP contribution in [-0.2, 0) is 7.05 Å². The molecule has 0 saturated carbocycles. The molecule has 1 fully saturated rings. The highest BCUT2D eigenvalue weighted by Gasteiger charge is 2.20. The molecule has 0 spiro atoms. The van der Waals surface area contributed by atoms with E-state index in [1.54, 1.807) is 10.9 Å². The zero-order valence-corrected chi connectivity index (χ0v) is 7.03. The van der Waals surface area contributed by atoms with Gasteiger partial charge in [-0.15, -0.1) is 0 Å². The van der Waals surface area contributed by atoms with Crippen molar-refractivity contribution in [1.29, 1.82) is 0 Å². The van der Waals surface area contributed by atoms with E-state index in [0.29, 0.717) is 5.56 Å². The fourth-order valence-corrected chi connectivity index (χ4v) is 1.35. The molecule has 0 unspecified atom stereocenters. The van der Waals surface area contributed by atoms with E-state index in [2.05, 4.69) is 10.00 Å². The molecule has 1 aliphatic rings. The zero-order chi connectivity index (χ0) is 8.55. The van der Waals surface area contributed by atoms with Crippen LogP contribution in [0.4, 0.5) is 5.82 Å². The molecule has 4 nitrogen and oxygen atoms in total. The Morgan fingerprint density at radius 2 is 2.33 bits per heavy atom. The van der Waals surface area contributed by atoms with Crippen LogP contribution >= 0.6 is 0 Å². The van der Waals surface area contributed by atoms with Crippen molar-refractivity contribution in [2.24, 2.45) is 7.05 Å². The second-order valence-corrected chi connectivity index (χ2v) is 3.04. The molecular weight excluding hydrogens is 154 g/mol. The van der Waals surface area contributed by atoms with Gasteiger partial charge in [-0.2, -0.15) is 5.10 Å². The third-order valence-electron chi connectivity index (χ3n) is 2.12. The monoisotopic (exact) mass is 165 g/mol. The van der Waals surface area contributed by atoms with Gasteiger partial charge in [0.15, 0.2) is 12.1 Å². The molecule has 0 aliphatic carbocycles. The van der Waals surface area contributed by atoms with Gasteiger partial charge < -0.3 is 4.90 Å². The largest absolute Gasteiger partial charge is 0.354 e. The molecule has 0 amide bonds. The molecule has 0 aromatic carbocycles. The average Bonchev–Trinajstić information content (AvgIpc) is 2.27. The Balaban J connectivity index is 2.33. The Kier molecular flexibility index (Phi) is 1.60. The van der Waals surface area contributed by atoms with Crippen LogP contribution in [0, 0.1) is 0 Å². The molecule has 1 aliphatic heterocycles. The van der Waals surface area contributed by atoms with Crippen molar-refractivity contribution < 1.29 is 4.79 Å². The second kappa shape index (κ2) is 2.62. The van der Waals surface area contributed by atoms with Crippen LogP contribution in [0.3, 0.4) is 0 Å². The van der Waals surface area contributed by atoms with Gasteiger partial charge in [-0.25, -0.2) is 0 Å². The minimum Gasteiger partial charge on any atom is -0.354 e. The Hall–Kier alpha value is -1.32. The van der Waals surface area contributed by atoms with Crippen LogP contribution in [0.5, 0.6) is 0 Å². The lowest BCUT2D eigenvalue weighted by Gasteiger charge is -2.31. The molecule has 0 atom stereocenters. The van der Waals surface area contributed by atoms with Crippen molar-refractivity contribution in [2.75, 3.05) is 18.0 Å². The Bertz CT molecular complexity index is 301. The summed E-state index contributed by atoms with van der Waals surface area (Å²) < 4.78 is 1.68. The topological polar surface area (TPSA) is 38.1 Å². The van der Waals surface area contributed by atoms with Crippen LogP contribution in [0.25, 0.3) is 0 Å². The first-order valence-corrected chi connectivity index (χ1v) is 4.05. The number of hydrogen-bond acceptors (Lipinski definition) is 3. The number of aromatic nitrogens is 2. The Morgan fingerprint density at radius 3 is 2.83 bits per heavy atom. The molecule has 1 aromatic rings. The maximum Gasteiger partial charge on any atom is 0.161 e. The summed E-state index contributed by atoms with van der Waals surface area (Å²) >= 11 is 0. The van der Waals surface area contributed by atoms with Gasteiger partial charge >= 0.3 is 0 Å². The van der Waals surface area contributed by atoms with Crippen LogP contribution in [0.1, 0.15) is 16.8 Å². The SMILES string of the molecule is Cn1cc(C=O)c(N2CCC2)n1. The summed E-state index contributed by atoms with van der Waals surface area (Å²) in [6, 6.07) is 0. The number of hydrogen-bond donors (Lipinski definition) is 0. The highest BCUT2D eigenvalue weighted by Crippen LogP contribution is 2.21. The van der Waals surface area contributed by atoms with Crippen molar-refractivity contribution in [3.63, 3.8) is 0 Å². The van der Waals surface area contributed by atoms with Crippen molar-refractivity contribution in [2.45, 2.75) is 6.42 Å². The highest BCUT2D eigenvalue weighted by molar-refractivity contribution is 5.82. The van der Waals surface area contributed by atoms with Gasteiger partial charge in [-0.1, -0.05) is 0 Å². The van der Waals surface area contributed by atoms with Gasteiger partial charge in [-0.3, -0.25) is 9.48 Å². The summed E-state index contributed by atoms with van der Waals surface area (Å²) in [6.45, 7) is 2.05. The summed E-state index contributed by atoms with van der Waals surface area (Å²) in [4.78, 5) is 12.7. The maximum atomic E-state index is 10.6. The zero-order valence-electron chi connectivity index (χ0n) is 7.03. The third kappa shape index (κ3) is 0.995. The molecule has 0 N–H and O–H groups in total. The smallest absolute Gasteiger partial charge is 0.161 e. The first kappa shape index (κ1) is 7.34. The van der Waals surface area contributed by atoms with Gasteiger partial charge in [0.25, 0.3) is 0 Å². The van der Waals surface area contributed by atoms with Crippen molar-refractivity contribution in [3.8, 4) is 0 Å². The van der Waals surface area contributed by atoms with Gasteiger partial charge in [0.2, 0.25) is 0 Å². The minimum atomic E-state index is 0.692. The molecule has 0 bridgehead atoms. The molecule has 0 radical (unpaired) electrons. The van der Waals surface area contributed by atoms with Gasteiger partial charge in [0.1, 0.15) is 0 Å². The lowest BCUT2D eigenvalue weighted by Crippen LogP contribution is -2.37. The molecule has 1 aromatic heterocycles. The predicted molar refractivity (Wildman–Crippen MR) is 45.4 cm³/mol.